The van der Waals surface area contributed by atoms with Crippen LogP contribution in [0.1, 0.15) is 19.4 Å². The van der Waals surface area contributed by atoms with Gasteiger partial charge in [0.25, 0.3) is 0 Å². The van der Waals surface area contributed by atoms with Gasteiger partial charge in [0.1, 0.15) is 0 Å². The van der Waals surface area contributed by atoms with Gasteiger partial charge in [-0.25, -0.2) is 13.4 Å². The molecule has 0 bridgehead atoms. The minimum atomic E-state index is -3.81. The third-order valence-electron chi connectivity index (χ3n) is 4.98. The van der Waals surface area contributed by atoms with Gasteiger partial charge in [-0.2, -0.15) is 4.31 Å². The Hall–Kier alpha value is -2.04. The molecule has 0 fully saturated rings. The maximum atomic E-state index is 13.4. The fourth-order valence-electron chi connectivity index (χ4n) is 3.37. The number of aliphatic hydroxyl groups excluding tert-OH is 1. The topological polar surface area (TPSA) is 109 Å². The molecule has 0 spiro atoms. The molecule has 4 N–H and O–H groups in total. The SMILES string of the molecule is CNc1nc2ccc(S(=O)(=O)N(CC(C)C)CC(O)C(N)Cc3ccccc3)cc2s1. The van der Waals surface area contributed by atoms with Crippen LogP contribution < -0.4 is 11.1 Å². The van der Waals surface area contributed by atoms with Crippen molar-refractivity contribution in [1.82, 2.24) is 9.29 Å². The number of hydrogen-bond acceptors (Lipinski definition) is 7. The Morgan fingerprint density at radius 1 is 1.16 bits per heavy atom. The number of aromatic nitrogens is 1. The van der Waals surface area contributed by atoms with Gasteiger partial charge in [-0.05, 0) is 36.1 Å². The van der Waals surface area contributed by atoms with Gasteiger partial charge < -0.3 is 16.2 Å². The van der Waals surface area contributed by atoms with Gasteiger partial charge in [-0.1, -0.05) is 55.5 Å². The molecule has 1 aromatic heterocycles. The second-order valence-corrected chi connectivity index (χ2v) is 11.0. The van der Waals surface area contributed by atoms with Crippen LogP contribution in [0.15, 0.2) is 53.4 Å². The van der Waals surface area contributed by atoms with Gasteiger partial charge in [0.15, 0.2) is 5.13 Å². The average Bonchev–Trinajstić information content (AvgIpc) is 3.16. The van der Waals surface area contributed by atoms with Crippen molar-refractivity contribution < 1.29 is 13.5 Å². The minimum absolute atomic E-state index is 0.0585. The molecule has 0 aliphatic carbocycles. The lowest BCUT2D eigenvalue weighted by atomic mass is 10.0. The molecule has 0 amide bonds. The lowest BCUT2D eigenvalue weighted by Gasteiger charge is -2.28. The molecule has 3 aromatic rings. The van der Waals surface area contributed by atoms with E-state index in [4.69, 9.17) is 5.73 Å². The van der Waals surface area contributed by atoms with E-state index in [1.807, 2.05) is 44.2 Å². The Bertz CT molecular complexity index is 1100. The number of hydrogen-bond donors (Lipinski definition) is 3. The number of nitrogens with two attached hydrogens (primary N) is 1. The number of anilines is 1. The number of benzene rings is 2. The molecule has 0 radical (unpaired) electrons. The summed E-state index contributed by atoms with van der Waals surface area (Å²) in [5.41, 5.74) is 7.96. The van der Waals surface area contributed by atoms with Crippen molar-refractivity contribution in [2.24, 2.45) is 11.7 Å². The van der Waals surface area contributed by atoms with E-state index in [0.29, 0.717) is 13.0 Å². The summed E-state index contributed by atoms with van der Waals surface area (Å²) in [6, 6.07) is 14.0. The first-order valence-electron chi connectivity index (χ1n) is 10.3. The second kappa shape index (κ2) is 10.1. The van der Waals surface area contributed by atoms with Crippen molar-refractivity contribution in [3.63, 3.8) is 0 Å². The molecule has 2 aromatic carbocycles. The molecule has 0 saturated heterocycles. The molecule has 168 valence electrons. The largest absolute Gasteiger partial charge is 0.390 e. The fraction of sp³-hybridized carbons (Fsp3) is 0.409. The average molecular weight is 463 g/mol. The van der Waals surface area contributed by atoms with Crippen molar-refractivity contribution in [3.8, 4) is 0 Å². The highest BCUT2D eigenvalue weighted by Crippen LogP contribution is 2.29. The van der Waals surface area contributed by atoms with Crippen molar-refractivity contribution in [2.45, 2.75) is 37.3 Å². The van der Waals surface area contributed by atoms with E-state index in [1.54, 1.807) is 25.2 Å². The van der Waals surface area contributed by atoms with Crippen molar-refractivity contribution in [2.75, 3.05) is 25.5 Å². The molecule has 2 atom stereocenters. The summed E-state index contributed by atoms with van der Waals surface area (Å²) in [5.74, 6) is 0.0929. The Labute approximate surface area is 188 Å². The first-order valence-corrected chi connectivity index (χ1v) is 12.5. The molecule has 9 heteroatoms. The summed E-state index contributed by atoms with van der Waals surface area (Å²) in [6.07, 6.45) is -0.520. The lowest BCUT2D eigenvalue weighted by molar-refractivity contribution is 0.116. The van der Waals surface area contributed by atoms with Crippen LogP contribution in [0.25, 0.3) is 10.2 Å². The first-order chi connectivity index (χ1) is 14.7. The minimum Gasteiger partial charge on any atom is -0.390 e. The maximum Gasteiger partial charge on any atom is 0.243 e. The highest BCUT2D eigenvalue weighted by molar-refractivity contribution is 7.89. The van der Waals surface area contributed by atoms with Crippen LogP contribution in [0.5, 0.6) is 0 Å². The van der Waals surface area contributed by atoms with Crippen LogP contribution >= 0.6 is 11.3 Å². The first kappa shape index (κ1) is 23.6. The van der Waals surface area contributed by atoms with Crippen LogP contribution in [0, 0.1) is 5.92 Å². The predicted octanol–water partition coefficient (Wildman–Crippen LogP) is 2.92. The van der Waals surface area contributed by atoms with Crippen molar-refractivity contribution in [3.05, 3.63) is 54.1 Å². The molecule has 7 nitrogen and oxygen atoms in total. The third-order valence-corrected chi connectivity index (χ3v) is 7.84. The molecule has 31 heavy (non-hydrogen) atoms. The van der Waals surface area contributed by atoms with E-state index in [9.17, 15) is 13.5 Å². The lowest BCUT2D eigenvalue weighted by Crippen LogP contribution is -2.47. The van der Waals surface area contributed by atoms with Gasteiger partial charge in [0.05, 0.1) is 21.2 Å². The Morgan fingerprint density at radius 2 is 1.87 bits per heavy atom. The summed E-state index contributed by atoms with van der Waals surface area (Å²) in [7, 11) is -2.03. The fourth-order valence-corrected chi connectivity index (χ4v) is 5.95. The Morgan fingerprint density at radius 3 is 2.52 bits per heavy atom. The van der Waals surface area contributed by atoms with E-state index in [2.05, 4.69) is 10.3 Å². The van der Waals surface area contributed by atoms with Gasteiger partial charge in [-0.3, -0.25) is 0 Å². The number of nitrogens with one attached hydrogen (secondary N) is 1. The van der Waals surface area contributed by atoms with Crippen LogP contribution in [-0.2, 0) is 16.4 Å². The van der Waals surface area contributed by atoms with E-state index in [-0.39, 0.29) is 17.4 Å². The predicted molar refractivity (Wildman–Crippen MR) is 127 cm³/mol. The van der Waals surface area contributed by atoms with Crippen LogP contribution in [0.3, 0.4) is 0 Å². The molecule has 2 unspecified atom stereocenters. The monoisotopic (exact) mass is 462 g/mol. The summed E-state index contributed by atoms with van der Waals surface area (Å²) >= 11 is 1.40. The molecular formula is C22H30N4O3S2. The Balaban J connectivity index is 1.83. The van der Waals surface area contributed by atoms with E-state index in [1.165, 1.54) is 15.6 Å². The van der Waals surface area contributed by atoms with Gasteiger partial charge in [0.2, 0.25) is 10.0 Å². The van der Waals surface area contributed by atoms with Crippen molar-refractivity contribution >= 4 is 36.7 Å². The quantitative estimate of drug-likeness (QED) is 0.427. The van der Waals surface area contributed by atoms with Crippen LogP contribution in [-0.4, -0.2) is 55.1 Å². The number of sulfonamides is 1. The smallest absolute Gasteiger partial charge is 0.243 e. The van der Waals surface area contributed by atoms with E-state index >= 15 is 0 Å². The third kappa shape index (κ3) is 5.81. The number of thiazole rings is 1. The molecule has 0 aliphatic rings. The molecule has 1 heterocycles. The summed E-state index contributed by atoms with van der Waals surface area (Å²) in [4.78, 5) is 4.59. The van der Waals surface area contributed by atoms with Crippen molar-refractivity contribution in [1.29, 1.82) is 0 Å². The number of fused-ring (bicyclic) bond motifs is 1. The molecule has 3 rings (SSSR count). The summed E-state index contributed by atoms with van der Waals surface area (Å²) < 4.78 is 29.0. The summed E-state index contributed by atoms with van der Waals surface area (Å²) in [5, 5.41) is 14.4. The van der Waals surface area contributed by atoms with Gasteiger partial charge in [0, 0.05) is 26.2 Å². The maximum absolute atomic E-state index is 13.4. The Kier molecular flexibility index (Phi) is 7.66. The van der Waals surface area contributed by atoms with Gasteiger partial charge >= 0.3 is 0 Å². The zero-order valence-electron chi connectivity index (χ0n) is 18.0. The summed E-state index contributed by atoms with van der Waals surface area (Å²) in [6.45, 7) is 4.13. The van der Waals surface area contributed by atoms with E-state index in [0.717, 1.165) is 20.9 Å². The highest BCUT2D eigenvalue weighted by Gasteiger charge is 2.30. The number of aliphatic hydroxyl groups is 1. The molecular weight excluding hydrogens is 432 g/mol. The normalized spacial score (nSPS) is 14.3. The van der Waals surface area contributed by atoms with Crippen LogP contribution in [0.4, 0.5) is 5.13 Å². The molecule has 0 saturated carbocycles. The zero-order valence-corrected chi connectivity index (χ0v) is 19.7. The van der Waals surface area contributed by atoms with E-state index < -0.39 is 22.2 Å². The van der Waals surface area contributed by atoms with Gasteiger partial charge in [-0.15, -0.1) is 0 Å². The standard InChI is InChI=1S/C22H30N4O3S2/c1-15(2)13-26(14-20(27)18(23)11-16-7-5-4-6-8-16)31(28,29)17-9-10-19-21(12-17)30-22(24-3)25-19/h4-10,12,15,18,20,27H,11,13-14,23H2,1-3H3,(H,24,25). The zero-order chi connectivity index (χ0) is 22.6. The van der Waals surface area contributed by atoms with Crippen LogP contribution in [0.2, 0.25) is 0 Å². The molecule has 0 aliphatic heterocycles. The highest BCUT2D eigenvalue weighted by atomic mass is 32.2. The second-order valence-electron chi connectivity index (χ2n) is 8.04. The number of rotatable bonds is 10. The number of nitrogens with zero attached hydrogens (tertiary/aromatic N) is 2.